The van der Waals surface area contributed by atoms with Crippen molar-refractivity contribution >= 4 is 5.97 Å². The molecule has 1 aromatic carbocycles. The molecule has 1 atom stereocenters. The Balaban J connectivity index is 2.93. The largest absolute Gasteiger partial charge is 0.481 e. The number of rotatable bonds is 8. The average Bonchev–Trinajstić information content (AvgIpc) is 2.39. The van der Waals surface area contributed by atoms with Gasteiger partial charge in [0.25, 0.3) is 0 Å². The second-order valence-electron chi connectivity index (χ2n) is 5.24. The molecule has 1 rings (SSSR count). The zero-order valence-corrected chi connectivity index (χ0v) is 12.6. The molecule has 0 amide bonds. The fraction of sp³-hybridized carbons (Fsp3) is 0.562. The first-order chi connectivity index (χ1) is 9.47. The predicted molar refractivity (Wildman–Crippen MR) is 80.0 cm³/mol. The fourth-order valence-electron chi connectivity index (χ4n) is 2.53. The van der Waals surface area contributed by atoms with Gasteiger partial charge in [-0.15, -0.1) is 0 Å². The third-order valence-electron chi connectivity index (χ3n) is 3.68. The molecule has 1 unspecified atom stereocenters. The third-order valence-corrected chi connectivity index (χ3v) is 3.68. The molecular formula is C16H25NO3. The molecule has 0 fully saturated rings. The molecule has 0 aromatic heterocycles. The van der Waals surface area contributed by atoms with Gasteiger partial charge < -0.3 is 10.2 Å². The number of aliphatic hydroxyl groups excluding tert-OH is 1. The number of nitrogens with zero attached hydrogens (tertiary/aromatic N) is 1. The van der Waals surface area contributed by atoms with Crippen molar-refractivity contribution in [1.82, 2.24) is 4.90 Å². The summed E-state index contributed by atoms with van der Waals surface area (Å²) in [5, 5.41) is 18.2. The van der Waals surface area contributed by atoms with Crippen molar-refractivity contribution in [2.45, 2.75) is 39.7 Å². The number of benzene rings is 1. The molecule has 0 saturated heterocycles. The number of aliphatic hydroxyl groups is 1. The van der Waals surface area contributed by atoms with E-state index in [4.69, 9.17) is 10.2 Å². The van der Waals surface area contributed by atoms with Crippen LogP contribution in [0.3, 0.4) is 0 Å². The van der Waals surface area contributed by atoms with Crippen LogP contribution in [0, 0.1) is 13.8 Å². The maximum Gasteiger partial charge on any atom is 0.304 e. The summed E-state index contributed by atoms with van der Waals surface area (Å²) in [4.78, 5) is 13.1. The Kier molecular flexibility index (Phi) is 6.68. The molecule has 0 saturated carbocycles. The van der Waals surface area contributed by atoms with Crippen molar-refractivity contribution in [3.8, 4) is 0 Å². The Morgan fingerprint density at radius 2 is 2.05 bits per heavy atom. The number of hydrogen-bond donors (Lipinski definition) is 2. The van der Waals surface area contributed by atoms with Gasteiger partial charge in [0.1, 0.15) is 0 Å². The molecule has 20 heavy (non-hydrogen) atoms. The van der Waals surface area contributed by atoms with Gasteiger partial charge in [0.05, 0.1) is 13.0 Å². The first-order valence-corrected chi connectivity index (χ1v) is 7.10. The number of aliphatic carboxylic acids is 1. The molecule has 0 aliphatic carbocycles. The lowest BCUT2D eigenvalue weighted by Crippen LogP contribution is -2.40. The normalized spacial score (nSPS) is 12.7. The van der Waals surface area contributed by atoms with Gasteiger partial charge in [-0.25, -0.2) is 0 Å². The van der Waals surface area contributed by atoms with Crippen LogP contribution in [0.2, 0.25) is 0 Å². The van der Waals surface area contributed by atoms with E-state index >= 15 is 0 Å². The van der Waals surface area contributed by atoms with Crippen LogP contribution in [0.4, 0.5) is 0 Å². The molecule has 2 N–H and O–H groups in total. The molecule has 0 aliphatic rings. The molecule has 0 heterocycles. The first-order valence-electron chi connectivity index (χ1n) is 7.10. The summed E-state index contributed by atoms with van der Waals surface area (Å²) in [6.45, 7) is 7.39. The number of carbonyl (C=O) groups is 1. The Bertz CT molecular complexity index is 445. The maximum atomic E-state index is 11.1. The van der Waals surface area contributed by atoms with Gasteiger partial charge in [0.15, 0.2) is 0 Å². The minimum atomic E-state index is -0.795. The molecule has 0 spiro atoms. The van der Waals surface area contributed by atoms with Gasteiger partial charge in [-0.3, -0.25) is 9.69 Å². The Morgan fingerprint density at radius 1 is 1.35 bits per heavy atom. The fourth-order valence-corrected chi connectivity index (χ4v) is 2.53. The van der Waals surface area contributed by atoms with Gasteiger partial charge >= 0.3 is 5.97 Å². The van der Waals surface area contributed by atoms with Gasteiger partial charge in [-0.2, -0.15) is 0 Å². The highest BCUT2D eigenvalue weighted by molar-refractivity contribution is 5.67. The molecule has 4 nitrogen and oxygen atoms in total. The minimum Gasteiger partial charge on any atom is -0.481 e. The Morgan fingerprint density at radius 3 is 2.60 bits per heavy atom. The van der Waals surface area contributed by atoms with Crippen LogP contribution in [0.25, 0.3) is 0 Å². The summed E-state index contributed by atoms with van der Waals surface area (Å²) in [5.74, 6) is -0.795. The standard InChI is InChI=1S/C16H25NO3/c1-4-17(7-8-18)15(11-16(19)20)10-14-9-12(2)5-6-13(14)3/h5-6,9,15,18H,4,7-8,10-11H2,1-3H3,(H,19,20). The minimum absolute atomic E-state index is 0.0523. The topological polar surface area (TPSA) is 60.8 Å². The molecule has 112 valence electrons. The van der Waals surface area contributed by atoms with Crippen molar-refractivity contribution < 1.29 is 15.0 Å². The van der Waals surface area contributed by atoms with E-state index in [1.165, 1.54) is 16.7 Å². The number of aryl methyl sites for hydroxylation is 2. The highest BCUT2D eigenvalue weighted by atomic mass is 16.4. The van der Waals surface area contributed by atoms with E-state index in [0.29, 0.717) is 13.0 Å². The van der Waals surface area contributed by atoms with E-state index in [1.807, 2.05) is 18.7 Å². The molecule has 0 bridgehead atoms. The Hall–Kier alpha value is -1.39. The summed E-state index contributed by atoms with van der Waals surface area (Å²) >= 11 is 0. The molecule has 0 aliphatic heterocycles. The van der Waals surface area contributed by atoms with Crippen molar-refractivity contribution in [2.24, 2.45) is 0 Å². The zero-order chi connectivity index (χ0) is 15.1. The summed E-state index contributed by atoms with van der Waals surface area (Å²) in [6, 6.07) is 6.18. The van der Waals surface area contributed by atoms with Crippen LogP contribution < -0.4 is 0 Å². The molecule has 4 heteroatoms. The van der Waals surface area contributed by atoms with Crippen LogP contribution in [0.1, 0.15) is 30.0 Å². The van der Waals surface area contributed by atoms with E-state index < -0.39 is 5.97 Å². The van der Waals surface area contributed by atoms with Crippen molar-refractivity contribution in [3.05, 3.63) is 34.9 Å². The number of carboxylic acid groups (broad SMARTS) is 1. The van der Waals surface area contributed by atoms with Gasteiger partial charge in [-0.1, -0.05) is 30.7 Å². The van der Waals surface area contributed by atoms with Gasteiger partial charge in [0, 0.05) is 12.6 Å². The van der Waals surface area contributed by atoms with E-state index in [1.54, 1.807) is 0 Å². The highest BCUT2D eigenvalue weighted by Crippen LogP contribution is 2.17. The predicted octanol–water partition coefficient (Wildman–Crippen LogP) is 2.00. The molecular weight excluding hydrogens is 254 g/mol. The number of hydrogen-bond acceptors (Lipinski definition) is 3. The SMILES string of the molecule is CCN(CCO)C(CC(=O)O)Cc1cc(C)ccc1C. The van der Waals surface area contributed by atoms with E-state index in [0.717, 1.165) is 6.54 Å². The summed E-state index contributed by atoms with van der Waals surface area (Å²) < 4.78 is 0. The van der Waals surface area contributed by atoms with Crippen molar-refractivity contribution in [3.63, 3.8) is 0 Å². The van der Waals surface area contributed by atoms with Crippen molar-refractivity contribution in [2.75, 3.05) is 19.7 Å². The van der Waals surface area contributed by atoms with E-state index in [9.17, 15) is 4.79 Å². The smallest absolute Gasteiger partial charge is 0.304 e. The summed E-state index contributed by atoms with van der Waals surface area (Å²) in [7, 11) is 0. The van der Waals surface area contributed by atoms with E-state index in [-0.39, 0.29) is 19.1 Å². The van der Waals surface area contributed by atoms with Crippen LogP contribution in [-0.4, -0.2) is 46.8 Å². The number of likely N-dealkylation sites (N-methyl/N-ethyl adjacent to an activating group) is 1. The highest BCUT2D eigenvalue weighted by Gasteiger charge is 2.21. The van der Waals surface area contributed by atoms with E-state index in [2.05, 4.69) is 25.1 Å². The van der Waals surface area contributed by atoms with Crippen LogP contribution in [0.5, 0.6) is 0 Å². The van der Waals surface area contributed by atoms with Crippen LogP contribution in [-0.2, 0) is 11.2 Å². The second-order valence-corrected chi connectivity index (χ2v) is 5.24. The second kappa shape index (κ2) is 8.02. The first kappa shape index (κ1) is 16.7. The number of carboxylic acids is 1. The van der Waals surface area contributed by atoms with Gasteiger partial charge in [0.2, 0.25) is 0 Å². The molecule has 0 radical (unpaired) electrons. The summed E-state index contributed by atoms with van der Waals surface area (Å²) in [6.07, 6.45) is 0.800. The van der Waals surface area contributed by atoms with Crippen LogP contribution in [0.15, 0.2) is 18.2 Å². The quantitative estimate of drug-likeness (QED) is 0.764. The Labute approximate surface area is 121 Å². The lowest BCUT2D eigenvalue weighted by atomic mass is 9.96. The summed E-state index contributed by atoms with van der Waals surface area (Å²) in [5.41, 5.74) is 3.56. The molecule has 1 aromatic rings. The third kappa shape index (κ3) is 4.94. The lowest BCUT2D eigenvalue weighted by molar-refractivity contribution is -0.138. The lowest BCUT2D eigenvalue weighted by Gasteiger charge is -2.29. The van der Waals surface area contributed by atoms with Crippen molar-refractivity contribution in [1.29, 1.82) is 0 Å². The monoisotopic (exact) mass is 279 g/mol. The van der Waals surface area contributed by atoms with Crippen LogP contribution >= 0.6 is 0 Å². The van der Waals surface area contributed by atoms with Gasteiger partial charge in [-0.05, 0) is 37.9 Å². The average molecular weight is 279 g/mol. The zero-order valence-electron chi connectivity index (χ0n) is 12.6. The maximum absolute atomic E-state index is 11.1.